The predicted molar refractivity (Wildman–Crippen MR) is 103 cm³/mol. The van der Waals surface area contributed by atoms with Gasteiger partial charge in [-0.3, -0.25) is 20.2 Å². The SMILES string of the molecule is Cc1cnc(F)c(-c2c([N+](=O)[O-])cc(COC(=O)c3ccccc3)cc2[N+](=O)[O-])c1. The molecule has 10 heteroatoms. The minimum Gasteiger partial charge on any atom is -0.457 e. The molecule has 1 aromatic heterocycles. The average Bonchev–Trinajstić information content (AvgIpc) is 2.73. The van der Waals surface area contributed by atoms with Gasteiger partial charge in [0.15, 0.2) is 0 Å². The van der Waals surface area contributed by atoms with Crippen molar-refractivity contribution in [1.29, 1.82) is 0 Å². The normalized spacial score (nSPS) is 10.5. The molecule has 2 aromatic carbocycles. The number of nitro benzene ring substituents is 2. The second-order valence-electron chi connectivity index (χ2n) is 6.32. The van der Waals surface area contributed by atoms with E-state index in [1.165, 1.54) is 24.4 Å². The first-order chi connectivity index (χ1) is 14.3. The number of carbonyl (C=O) groups is 1. The average molecular weight is 411 g/mol. The Hall–Kier alpha value is -4.21. The van der Waals surface area contributed by atoms with Crippen LogP contribution >= 0.6 is 0 Å². The Morgan fingerprint density at radius 3 is 2.23 bits per heavy atom. The Labute approximate surface area is 169 Å². The lowest BCUT2D eigenvalue weighted by Crippen LogP contribution is -2.07. The number of carbonyl (C=O) groups excluding carboxylic acids is 1. The van der Waals surface area contributed by atoms with Crippen LogP contribution in [0.1, 0.15) is 21.5 Å². The van der Waals surface area contributed by atoms with Gasteiger partial charge in [-0.15, -0.1) is 0 Å². The number of pyridine rings is 1. The molecule has 3 aromatic rings. The third-order valence-electron chi connectivity index (χ3n) is 4.17. The van der Waals surface area contributed by atoms with E-state index in [9.17, 15) is 29.4 Å². The van der Waals surface area contributed by atoms with Gasteiger partial charge in [-0.2, -0.15) is 4.39 Å². The van der Waals surface area contributed by atoms with Crippen molar-refractivity contribution in [3.05, 3.63) is 97.6 Å². The zero-order chi connectivity index (χ0) is 21.8. The van der Waals surface area contributed by atoms with Crippen LogP contribution in [0.2, 0.25) is 0 Å². The highest BCUT2D eigenvalue weighted by Gasteiger charge is 2.30. The van der Waals surface area contributed by atoms with Gasteiger partial charge in [0.25, 0.3) is 11.4 Å². The molecule has 0 radical (unpaired) electrons. The summed E-state index contributed by atoms with van der Waals surface area (Å²) < 4.78 is 19.4. The minimum atomic E-state index is -1.07. The molecule has 0 unspecified atom stereocenters. The number of aromatic nitrogens is 1. The topological polar surface area (TPSA) is 125 Å². The van der Waals surface area contributed by atoms with E-state index in [0.717, 1.165) is 12.1 Å². The van der Waals surface area contributed by atoms with Crippen LogP contribution in [-0.2, 0) is 11.3 Å². The van der Waals surface area contributed by atoms with Gasteiger partial charge in [-0.25, -0.2) is 9.78 Å². The van der Waals surface area contributed by atoms with Gasteiger partial charge in [0.2, 0.25) is 5.95 Å². The van der Waals surface area contributed by atoms with Crippen molar-refractivity contribution in [2.24, 2.45) is 0 Å². The van der Waals surface area contributed by atoms with Gasteiger partial charge in [-0.05, 0) is 30.7 Å². The van der Waals surface area contributed by atoms with Crippen LogP contribution in [0.3, 0.4) is 0 Å². The first-order valence-corrected chi connectivity index (χ1v) is 8.58. The highest BCUT2D eigenvalue weighted by molar-refractivity contribution is 5.89. The summed E-state index contributed by atoms with van der Waals surface area (Å²) in [6.45, 7) is 1.13. The number of nitro groups is 2. The molecule has 3 rings (SSSR count). The van der Waals surface area contributed by atoms with Crippen LogP contribution in [0.5, 0.6) is 0 Å². The Balaban J connectivity index is 2.05. The predicted octanol–water partition coefficient (Wildman–Crippen LogP) is 4.37. The molecule has 0 atom stereocenters. The number of aryl methyl sites for hydroxylation is 1. The maximum Gasteiger partial charge on any atom is 0.338 e. The number of ether oxygens (including phenoxy) is 1. The second kappa shape index (κ2) is 8.43. The molecule has 0 N–H and O–H groups in total. The van der Waals surface area contributed by atoms with Gasteiger partial charge in [0.1, 0.15) is 12.2 Å². The van der Waals surface area contributed by atoms with E-state index in [0.29, 0.717) is 5.56 Å². The maximum absolute atomic E-state index is 14.3. The number of benzene rings is 2. The number of hydrogen-bond acceptors (Lipinski definition) is 7. The van der Waals surface area contributed by atoms with Crippen molar-refractivity contribution in [3.8, 4) is 11.1 Å². The van der Waals surface area contributed by atoms with Gasteiger partial charge < -0.3 is 4.74 Å². The minimum absolute atomic E-state index is 0.0162. The van der Waals surface area contributed by atoms with Crippen molar-refractivity contribution in [1.82, 2.24) is 4.98 Å². The number of rotatable bonds is 6. The smallest absolute Gasteiger partial charge is 0.338 e. The zero-order valence-electron chi connectivity index (χ0n) is 15.6. The molecule has 152 valence electrons. The standard InChI is InChI=1S/C20H14FN3O6/c1-12-7-15(19(21)22-10-12)18-16(23(26)27)8-13(9-17(18)24(28)29)11-30-20(25)14-5-3-2-4-6-14/h2-10H,11H2,1H3. The van der Waals surface area contributed by atoms with Crippen LogP contribution in [-0.4, -0.2) is 20.8 Å². The summed E-state index contributed by atoms with van der Waals surface area (Å²) in [5, 5.41) is 23.2. The highest BCUT2D eigenvalue weighted by Crippen LogP contribution is 2.40. The molecule has 0 spiro atoms. The lowest BCUT2D eigenvalue weighted by atomic mass is 9.99. The molecule has 0 bridgehead atoms. The summed E-state index contributed by atoms with van der Waals surface area (Å²) >= 11 is 0. The Morgan fingerprint density at radius 2 is 1.67 bits per heavy atom. The molecule has 9 nitrogen and oxygen atoms in total. The summed E-state index contributed by atoms with van der Waals surface area (Å²) in [6.07, 6.45) is 1.20. The molecule has 0 amide bonds. The number of esters is 1. The lowest BCUT2D eigenvalue weighted by Gasteiger charge is -2.10. The van der Waals surface area contributed by atoms with Crippen molar-refractivity contribution < 1.29 is 23.8 Å². The van der Waals surface area contributed by atoms with E-state index >= 15 is 0 Å². The third kappa shape index (κ3) is 4.27. The van der Waals surface area contributed by atoms with Crippen LogP contribution in [0.4, 0.5) is 15.8 Å². The fourth-order valence-corrected chi connectivity index (χ4v) is 2.85. The van der Waals surface area contributed by atoms with Gasteiger partial charge in [0.05, 0.1) is 21.0 Å². The summed E-state index contributed by atoms with van der Waals surface area (Å²) in [7, 11) is 0. The van der Waals surface area contributed by atoms with E-state index in [1.54, 1.807) is 25.1 Å². The van der Waals surface area contributed by atoms with Crippen molar-refractivity contribution in [2.75, 3.05) is 0 Å². The number of nitrogens with zero attached hydrogens (tertiary/aromatic N) is 3. The first-order valence-electron chi connectivity index (χ1n) is 8.58. The molecular weight excluding hydrogens is 397 g/mol. The number of halogens is 1. The lowest BCUT2D eigenvalue weighted by molar-refractivity contribution is -0.392. The van der Waals surface area contributed by atoms with E-state index in [2.05, 4.69) is 4.98 Å². The van der Waals surface area contributed by atoms with E-state index in [1.807, 2.05) is 0 Å². The zero-order valence-corrected chi connectivity index (χ0v) is 15.6. The van der Waals surface area contributed by atoms with Crippen LogP contribution in [0.15, 0.2) is 54.7 Å². The molecular formula is C20H14FN3O6. The molecule has 30 heavy (non-hydrogen) atoms. The molecule has 1 heterocycles. The highest BCUT2D eigenvalue weighted by atomic mass is 19.1. The van der Waals surface area contributed by atoms with E-state index < -0.39 is 45.3 Å². The van der Waals surface area contributed by atoms with Crippen molar-refractivity contribution >= 4 is 17.3 Å². The largest absolute Gasteiger partial charge is 0.457 e. The summed E-state index contributed by atoms with van der Waals surface area (Å²) in [6, 6.07) is 11.3. The Bertz CT molecular complexity index is 1120. The van der Waals surface area contributed by atoms with Gasteiger partial charge in [0, 0.05) is 23.9 Å². The molecule has 0 fully saturated rings. The third-order valence-corrected chi connectivity index (χ3v) is 4.17. The number of hydrogen-bond donors (Lipinski definition) is 0. The monoisotopic (exact) mass is 411 g/mol. The van der Waals surface area contributed by atoms with Crippen molar-refractivity contribution in [2.45, 2.75) is 13.5 Å². The fraction of sp³-hybridized carbons (Fsp3) is 0.100. The van der Waals surface area contributed by atoms with Gasteiger partial charge in [-0.1, -0.05) is 18.2 Å². The van der Waals surface area contributed by atoms with E-state index in [4.69, 9.17) is 4.74 Å². The second-order valence-corrected chi connectivity index (χ2v) is 6.32. The first kappa shape index (κ1) is 20.5. The Morgan fingerprint density at radius 1 is 1.07 bits per heavy atom. The molecule has 0 aliphatic carbocycles. The Kier molecular flexibility index (Phi) is 5.77. The quantitative estimate of drug-likeness (QED) is 0.255. The summed E-state index contributed by atoms with van der Waals surface area (Å²) in [5.74, 6) is -1.77. The van der Waals surface area contributed by atoms with E-state index in [-0.39, 0.29) is 16.7 Å². The van der Waals surface area contributed by atoms with Gasteiger partial charge >= 0.3 is 5.97 Å². The van der Waals surface area contributed by atoms with Crippen molar-refractivity contribution in [3.63, 3.8) is 0 Å². The maximum atomic E-state index is 14.3. The van der Waals surface area contributed by atoms with Crippen LogP contribution in [0, 0.1) is 33.1 Å². The molecule has 0 saturated heterocycles. The molecule has 0 saturated carbocycles. The summed E-state index contributed by atoms with van der Waals surface area (Å²) in [5.41, 5.74) is -1.51. The summed E-state index contributed by atoms with van der Waals surface area (Å²) in [4.78, 5) is 37.1. The van der Waals surface area contributed by atoms with Crippen LogP contribution in [0.25, 0.3) is 11.1 Å². The molecule has 0 aliphatic heterocycles. The van der Waals surface area contributed by atoms with Crippen LogP contribution < -0.4 is 0 Å². The fourth-order valence-electron chi connectivity index (χ4n) is 2.85. The molecule has 0 aliphatic rings.